The monoisotopic (exact) mass is 326 g/mol. The molecule has 3 rings (SSSR count). The molecule has 20 heavy (non-hydrogen) atoms. The van der Waals surface area contributed by atoms with Gasteiger partial charge in [0.15, 0.2) is 12.1 Å². The van der Waals surface area contributed by atoms with Crippen LogP contribution in [-0.2, 0) is 0 Å². The lowest BCUT2D eigenvalue weighted by molar-refractivity contribution is 0.111. The average Bonchev–Trinajstić information content (AvgIpc) is 2.89. The molecule has 0 atom stereocenters. The molecule has 0 saturated carbocycles. The molecule has 1 aromatic heterocycles. The summed E-state index contributed by atoms with van der Waals surface area (Å²) in [4.78, 5) is 17.8. The van der Waals surface area contributed by atoms with Gasteiger partial charge in [0.05, 0.1) is 0 Å². The summed E-state index contributed by atoms with van der Waals surface area (Å²) in [5.74, 6) is 0.319. The average molecular weight is 327 g/mol. The van der Waals surface area contributed by atoms with E-state index in [2.05, 4.69) is 38.0 Å². The zero-order valence-electron chi connectivity index (χ0n) is 10.5. The molecular weight excluding hydrogens is 316 g/mol. The molecule has 4 heteroatoms. The molecule has 98 valence electrons. The zero-order valence-corrected chi connectivity index (χ0v) is 12.1. The smallest absolute Gasteiger partial charge is 0.185 e. The van der Waals surface area contributed by atoms with Gasteiger partial charge in [-0.15, -0.1) is 0 Å². The number of benzene rings is 2. The molecule has 3 aromatic rings. The third kappa shape index (κ3) is 2.42. The molecule has 0 aliphatic carbocycles. The lowest BCUT2D eigenvalue weighted by Gasteiger charge is -2.03. The van der Waals surface area contributed by atoms with Crippen LogP contribution in [0.2, 0.25) is 0 Å². The standard InChI is InChI=1S/C16H11BrN2O/c17-16-15(18-14(10-20)19-16)13-8-6-12(7-9-13)11-4-2-1-3-5-11/h1-10H,(H,18,19). The van der Waals surface area contributed by atoms with E-state index >= 15 is 0 Å². The quantitative estimate of drug-likeness (QED) is 0.728. The lowest BCUT2D eigenvalue weighted by atomic mass is 10.0. The van der Waals surface area contributed by atoms with Crippen molar-refractivity contribution in [1.82, 2.24) is 9.97 Å². The highest BCUT2D eigenvalue weighted by molar-refractivity contribution is 9.10. The first-order chi connectivity index (χ1) is 9.78. The van der Waals surface area contributed by atoms with Gasteiger partial charge >= 0.3 is 0 Å². The Bertz CT molecular complexity index is 733. The largest absolute Gasteiger partial charge is 0.330 e. The van der Waals surface area contributed by atoms with E-state index in [4.69, 9.17) is 0 Å². The molecule has 1 N–H and O–H groups in total. The fourth-order valence-electron chi connectivity index (χ4n) is 2.07. The normalized spacial score (nSPS) is 10.4. The predicted molar refractivity (Wildman–Crippen MR) is 82.5 cm³/mol. The second kappa shape index (κ2) is 5.43. The number of hydrogen-bond acceptors (Lipinski definition) is 2. The minimum absolute atomic E-state index is 0.319. The van der Waals surface area contributed by atoms with Gasteiger partial charge in [-0.2, -0.15) is 0 Å². The SMILES string of the molecule is O=Cc1nc(-c2ccc(-c3ccccc3)cc2)c(Br)[nH]1. The van der Waals surface area contributed by atoms with Crippen molar-refractivity contribution in [3.63, 3.8) is 0 Å². The molecule has 2 aromatic carbocycles. The van der Waals surface area contributed by atoms with Crippen molar-refractivity contribution in [2.75, 3.05) is 0 Å². The number of aromatic amines is 1. The van der Waals surface area contributed by atoms with E-state index in [1.807, 2.05) is 42.5 Å². The summed E-state index contributed by atoms with van der Waals surface area (Å²) in [5, 5.41) is 0. The van der Waals surface area contributed by atoms with E-state index in [9.17, 15) is 4.79 Å². The van der Waals surface area contributed by atoms with Gasteiger partial charge in [-0.3, -0.25) is 4.79 Å². The van der Waals surface area contributed by atoms with Crippen molar-refractivity contribution in [3.8, 4) is 22.4 Å². The summed E-state index contributed by atoms with van der Waals surface area (Å²) in [6.07, 6.45) is 0.701. The predicted octanol–water partition coefficient (Wildman–Crippen LogP) is 4.32. The Morgan fingerprint density at radius 3 is 2.10 bits per heavy atom. The van der Waals surface area contributed by atoms with Gasteiger partial charge < -0.3 is 4.98 Å². The Kier molecular flexibility index (Phi) is 3.48. The second-order valence-corrected chi connectivity index (χ2v) is 5.14. The van der Waals surface area contributed by atoms with Crippen molar-refractivity contribution in [1.29, 1.82) is 0 Å². The van der Waals surface area contributed by atoms with E-state index in [0.717, 1.165) is 16.8 Å². The van der Waals surface area contributed by atoms with Crippen LogP contribution in [0.4, 0.5) is 0 Å². The number of nitrogens with one attached hydrogen (secondary N) is 1. The number of carbonyl (C=O) groups excluding carboxylic acids is 1. The molecule has 0 fully saturated rings. The van der Waals surface area contributed by atoms with Gasteiger partial charge in [-0.25, -0.2) is 4.98 Å². The fourth-order valence-corrected chi connectivity index (χ4v) is 2.59. The van der Waals surface area contributed by atoms with Gasteiger partial charge in [0.25, 0.3) is 0 Å². The van der Waals surface area contributed by atoms with Crippen molar-refractivity contribution in [3.05, 3.63) is 65.0 Å². The van der Waals surface area contributed by atoms with Crippen LogP contribution in [0.1, 0.15) is 10.6 Å². The first-order valence-electron chi connectivity index (χ1n) is 6.14. The molecule has 0 aliphatic heterocycles. The molecule has 3 nitrogen and oxygen atoms in total. The Hall–Kier alpha value is -2.20. The Morgan fingerprint density at radius 2 is 1.50 bits per heavy atom. The molecule has 1 heterocycles. The molecule has 0 amide bonds. The van der Waals surface area contributed by atoms with Crippen LogP contribution in [0.3, 0.4) is 0 Å². The van der Waals surface area contributed by atoms with Crippen LogP contribution in [0.15, 0.2) is 59.2 Å². The Labute approximate surface area is 124 Å². The van der Waals surface area contributed by atoms with Crippen LogP contribution < -0.4 is 0 Å². The summed E-state index contributed by atoms with van der Waals surface area (Å²) in [6.45, 7) is 0. The minimum Gasteiger partial charge on any atom is -0.330 e. The van der Waals surface area contributed by atoms with E-state index < -0.39 is 0 Å². The molecule has 0 bridgehead atoms. The summed E-state index contributed by atoms with van der Waals surface area (Å²) < 4.78 is 0.715. The van der Waals surface area contributed by atoms with E-state index in [0.29, 0.717) is 16.7 Å². The Balaban J connectivity index is 1.97. The van der Waals surface area contributed by atoms with E-state index in [1.165, 1.54) is 5.56 Å². The molecule has 0 aliphatic rings. The third-order valence-corrected chi connectivity index (χ3v) is 3.63. The number of aldehydes is 1. The molecule has 0 saturated heterocycles. The summed E-state index contributed by atoms with van der Waals surface area (Å²) in [6, 6.07) is 18.3. The second-order valence-electron chi connectivity index (χ2n) is 4.35. The maximum Gasteiger partial charge on any atom is 0.185 e. The third-order valence-electron chi connectivity index (χ3n) is 3.06. The molecular formula is C16H11BrN2O. The lowest BCUT2D eigenvalue weighted by Crippen LogP contribution is -1.83. The number of H-pyrrole nitrogens is 1. The molecule has 0 radical (unpaired) electrons. The fraction of sp³-hybridized carbons (Fsp3) is 0. The number of aromatic nitrogens is 2. The van der Waals surface area contributed by atoms with Crippen LogP contribution in [0.25, 0.3) is 22.4 Å². The van der Waals surface area contributed by atoms with Gasteiger partial charge in [-0.05, 0) is 27.1 Å². The Morgan fingerprint density at radius 1 is 0.900 bits per heavy atom. The topological polar surface area (TPSA) is 45.8 Å². The van der Waals surface area contributed by atoms with Crippen LogP contribution >= 0.6 is 15.9 Å². The van der Waals surface area contributed by atoms with Gasteiger partial charge in [0.1, 0.15) is 10.3 Å². The van der Waals surface area contributed by atoms with Crippen LogP contribution in [0, 0.1) is 0 Å². The number of carbonyl (C=O) groups is 1. The van der Waals surface area contributed by atoms with Crippen LogP contribution in [-0.4, -0.2) is 16.3 Å². The van der Waals surface area contributed by atoms with Gasteiger partial charge in [0.2, 0.25) is 0 Å². The summed E-state index contributed by atoms with van der Waals surface area (Å²) >= 11 is 3.38. The highest BCUT2D eigenvalue weighted by Gasteiger charge is 2.09. The minimum atomic E-state index is 0.319. The van der Waals surface area contributed by atoms with Crippen molar-refractivity contribution in [2.24, 2.45) is 0 Å². The van der Waals surface area contributed by atoms with Gasteiger partial charge in [-0.1, -0.05) is 54.6 Å². The number of rotatable bonds is 3. The van der Waals surface area contributed by atoms with Crippen LogP contribution in [0.5, 0.6) is 0 Å². The number of nitrogens with zero attached hydrogens (tertiary/aromatic N) is 1. The van der Waals surface area contributed by atoms with Crippen molar-refractivity contribution in [2.45, 2.75) is 0 Å². The molecule has 0 spiro atoms. The van der Waals surface area contributed by atoms with Gasteiger partial charge in [0, 0.05) is 5.56 Å². The van der Waals surface area contributed by atoms with E-state index in [1.54, 1.807) is 0 Å². The summed E-state index contributed by atoms with van der Waals surface area (Å²) in [5.41, 5.74) is 4.03. The number of imidazole rings is 1. The highest BCUT2D eigenvalue weighted by Crippen LogP contribution is 2.28. The first kappa shape index (κ1) is 12.8. The van der Waals surface area contributed by atoms with Crippen molar-refractivity contribution < 1.29 is 4.79 Å². The highest BCUT2D eigenvalue weighted by atomic mass is 79.9. The van der Waals surface area contributed by atoms with Crippen molar-refractivity contribution >= 4 is 22.2 Å². The number of hydrogen-bond donors (Lipinski definition) is 1. The maximum atomic E-state index is 10.7. The van der Waals surface area contributed by atoms with E-state index in [-0.39, 0.29) is 0 Å². The zero-order chi connectivity index (χ0) is 13.9. The molecule has 0 unspecified atom stereocenters. The number of halogens is 1. The maximum absolute atomic E-state index is 10.7. The summed E-state index contributed by atoms with van der Waals surface area (Å²) in [7, 11) is 0. The first-order valence-corrected chi connectivity index (χ1v) is 6.94.